The average Bonchev–Trinajstić information content (AvgIpc) is 2.75. The predicted molar refractivity (Wildman–Crippen MR) is 123 cm³/mol. The van der Waals surface area contributed by atoms with Crippen LogP contribution in [0.1, 0.15) is 11.1 Å². The normalized spacial score (nSPS) is 12.1. The molecule has 0 aliphatic carbocycles. The maximum absolute atomic E-state index is 13.5. The fourth-order valence-electron chi connectivity index (χ4n) is 2.96. The van der Waals surface area contributed by atoms with Gasteiger partial charge >= 0.3 is 6.18 Å². The van der Waals surface area contributed by atoms with E-state index in [0.717, 1.165) is 14.8 Å². The third kappa shape index (κ3) is 6.56. The van der Waals surface area contributed by atoms with Crippen molar-refractivity contribution in [1.29, 1.82) is 0 Å². The number of anilines is 1. The first-order valence-corrected chi connectivity index (χ1v) is 12.1. The topological polar surface area (TPSA) is 66.5 Å². The average molecular weight is 580 g/mol. The molecule has 34 heavy (non-hydrogen) atoms. The van der Waals surface area contributed by atoms with Gasteiger partial charge in [0.1, 0.15) is 5.82 Å². The van der Waals surface area contributed by atoms with Crippen LogP contribution in [-0.2, 0) is 27.5 Å². The zero-order valence-electron chi connectivity index (χ0n) is 17.1. The largest absolute Gasteiger partial charge is 0.419 e. The van der Waals surface area contributed by atoms with Crippen molar-refractivity contribution in [2.45, 2.75) is 17.6 Å². The molecule has 0 bridgehead atoms. The van der Waals surface area contributed by atoms with Gasteiger partial charge in [0, 0.05) is 21.7 Å². The van der Waals surface area contributed by atoms with Gasteiger partial charge in [0.2, 0.25) is 15.9 Å². The van der Waals surface area contributed by atoms with Crippen LogP contribution in [0.4, 0.5) is 23.2 Å². The monoisotopic (exact) mass is 578 g/mol. The number of rotatable bonds is 7. The molecule has 1 N–H and O–H groups in total. The van der Waals surface area contributed by atoms with E-state index in [1.54, 1.807) is 24.3 Å². The molecule has 0 radical (unpaired) electrons. The zero-order chi connectivity index (χ0) is 25.1. The second-order valence-corrected chi connectivity index (χ2v) is 10.4. The van der Waals surface area contributed by atoms with Crippen molar-refractivity contribution in [2.24, 2.45) is 0 Å². The van der Waals surface area contributed by atoms with Gasteiger partial charge < -0.3 is 5.32 Å². The highest BCUT2D eigenvalue weighted by atomic mass is 79.9. The van der Waals surface area contributed by atoms with Crippen molar-refractivity contribution in [3.63, 3.8) is 0 Å². The number of halogens is 6. The van der Waals surface area contributed by atoms with Crippen LogP contribution in [0.3, 0.4) is 0 Å². The molecule has 0 spiro atoms. The number of nitrogens with one attached hydrogen (secondary N) is 1. The summed E-state index contributed by atoms with van der Waals surface area (Å²) >= 11 is 9.11. The van der Waals surface area contributed by atoms with E-state index < -0.39 is 40.0 Å². The van der Waals surface area contributed by atoms with Crippen LogP contribution < -0.4 is 5.32 Å². The lowest BCUT2D eigenvalue weighted by Crippen LogP contribution is -2.37. The van der Waals surface area contributed by atoms with E-state index in [1.165, 1.54) is 24.3 Å². The first-order valence-electron chi connectivity index (χ1n) is 9.53. The molecule has 0 saturated carbocycles. The van der Waals surface area contributed by atoms with E-state index in [0.29, 0.717) is 22.7 Å². The van der Waals surface area contributed by atoms with Crippen molar-refractivity contribution < 1.29 is 30.8 Å². The van der Waals surface area contributed by atoms with Crippen molar-refractivity contribution >= 4 is 49.1 Å². The molecule has 0 aliphatic rings. The molecule has 3 rings (SSSR count). The van der Waals surface area contributed by atoms with Gasteiger partial charge in [0.25, 0.3) is 0 Å². The molecule has 180 valence electrons. The van der Waals surface area contributed by atoms with Crippen LogP contribution in [0.2, 0.25) is 5.02 Å². The Bertz CT molecular complexity index is 1280. The molecular formula is C22H16BrClF4N2O3S. The molecule has 0 fully saturated rings. The predicted octanol–water partition coefficient (Wildman–Crippen LogP) is 6.09. The molecule has 0 unspecified atom stereocenters. The number of carbonyl (C=O) groups is 1. The summed E-state index contributed by atoms with van der Waals surface area (Å²) in [6.45, 7) is -0.900. The summed E-state index contributed by atoms with van der Waals surface area (Å²) in [4.78, 5) is 12.5. The Hall–Kier alpha value is -2.47. The summed E-state index contributed by atoms with van der Waals surface area (Å²) in [6, 6.07) is 14.0. The number of nitrogens with zero attached hydrogens (tertiary/aromatic N) is 1. The smallest absolute Gasteiger partial charge is 0.325 e. The SMILES string of the molecule is O=C(CN(Cc1ccc(Br)cc1)S(=O)(=O)c1ccc(Cl)cc1)Nc1ccc(F)c(C(F)(F)F)c1. The van der Waals surface area contributed by atoms with Gasteiger partial charge in [-0.3, -0.25) is 4.79 Å². The third-order valence-corrected chi connectivity index (χ3v) is 7.19. The Balaban J connectivity index is 1.88. The maximum atomic E-state index is 13.5. The number of amides is 1. The van der Waals surface area contributed by atoms with Crippen LogP contribution in [0.25, 0.3) is 0 Å². The number of hydrogen-bond acceptors (Lipinski definition) is 3. The molecule has 5 nitrogen and oxygen atoms in total. The van der Waals surface area contributed by atoms with Crippen molar-refractivity contribution in [1.82, 2.24) is 4.31 Å². The summed E-state index contributed by atoms with van der Waals surface area (Å²) in [7, 11) is -4.19. The second-order valence-electron chi connectivity index (χ2n) is 7.09. The van der Waals surface area contributed by atoms with Gasteiger partial charge in [-0.25, -0.2) is 12.8 Å². The van der Waals surface area contributed by atoms with E-state index in [9.17, 15) is 30.8 Å². The molecule has 3 aromatic rings. The Morgan fingerprint density at radius 3 is 2.21 bits per heavy atom. The van der Waals surface area contributed by atoms with E-state index in [4.69, 9.17) is 11.6 Å². The standard InChI is InChI=1S/C22H16BrClF4N2O3S/c23-15-3-1-14(2-4-15)12-30(34(32,33)18-8-5-16(24)6-9-18)13-21(31)29-17-7-10-20(25)19(11-17)22(26,27)28/h1-11H,12-13H2,(H,29,31). The molecule has 0 heterocycles. The molecule has 0 atom stereocenters. The Kier molecular flexibility index (Phi) is 8.02. The van der Waals surface area contributed by atoms with Crippen molar-refractivity contribution in [2.75, 3.05) is 11.9 Å². The van der Waals surface area contributed by atoms with E-state index in [-0.39, 0.29) is 17.1 Å². The minimum Gasteiger partial charge on any atom is -0.325 e. The molecule has 12 heteroatoms. The second kappa shape index (κ2) is 10.4. The van der Waals surface area contributed by atoms with Crippen molar-refractivity contribution in [3.05, 3.63) is 93.2 Å². The molecule has 3 aromatic carbocycles. The van der Waals surface area contributed by atoms with E-state index >= 15 is 0 Å². The minimum atomic E-state index is -4.96. The van der Waals surface area contributed by atoms with Gasteiger partial charge in [-0.05, 0) is 60.2 Å². The molecular weight excluding hydrogens is 564 g/mol. The summed E-state index contributed by atoms with van der Waals surface area (Å²) in [6.07, 6.45) is -4.96. The third-order valence-electron chi connectivity index (χ3n) is 4.60. The van der Waals surface area contributed by atoms with Crippen LogP contribution in [-0.4, -0.2) is 25.2 Å². The highest BCUT2D eigenvalue weighted by molar-refractivity contribution is 9.10. The maximum Gasteiger partial charge on any atom is 0.419 e. The van der Waals surface area contributed by atoms with Crippen LogP contribution in [0.5, 0.6) is 0 Å². The lowest BCUT2D eigenvalue weighted by molar-refractivity contribution is -0.140. The summed E-state index contributed by atoms with van der Waals surface area (Å²) in [5, 5.41) is 2.51. The zero-order valence-corrected chi connectivity index (χ0v) is 20.3. The number of carbonyl (C=O) groups excluding carboxylic acids is 1. The van der Waals surface area contributed by atoms with Crippen molar-refractivity contribution in [3.8, 4) is 0 Å². The van der Waals surface area contributed by atoms with Crippen LogP contribution >= 0.6 is 27.5 Å². The molecule has 0 aromatic heterocycles. The highest BCUT2D eigenvalue weighted by Crippen LogP contribution is 2.33. The molecule has 0 aliphatic heterocycles. The van der Waals surface area contributed by atoms with E-state index in [2.05, 4.69) is 21.2 Å². The Morgan fingerprint density at radius 1 is 1.00 bits per heavy atom. The number of alkyl halides is 3. The van der Waals surface area contributed by atoms with Gasteiger partial charge in [-0.1, -0.05) is 39.7 Å². The van der Waals surface area contributed by atoms with Gasteiger partial charge in [0.15, 0.2) is 0 Å². The number of hydrogen-bond donors (Lipinski definition) is 1. The van der Waals surface area contributed by atoms with Gasteiger partial charge in [-0.15, -0.1) is 0 Å². The van der Waals surface area contributed by atoms with Crippen LogP contribution in [0.15, 0.2) is 76.1 Å². The summed E-state index contributed by atoms with van der Waals surface area (Å²) in [5.41, 5.74) is -1.31. The lowest BCUT2D eigenvalue weighted by atomic mass is 10.2. The Morgan fingerprint density at radius 2 is 1.62 bits per heavy atom. The number of sulfonamides is 1. The quantitative estimate of drug-likeness (QED) is 0.345. The van der Waals surface area contributed by atoms with Gasteiger partial charge in [0.05, 0.1) is 17.0 Å². The minimum absolute atomic E-state index is 0.122. The lowest BCUT2D eigenvalue weighted by Gasteiger charge is -2.22. The highest BCUT2D eigenvalue weighted by Gasteiger charge is 2.34. The molecule has 1 amide bonds. The first kappa shape index (κ1) is 26.1. The summed E-state index contributed by atoms with van der Waals surface area (Å²) in [5.74, 6) is -2.40. The fraction of sp³-hybridized carbons (Fsp3) is 0.136. The van der Waals surface area contributed by atoms with Gasteiger partial charge in [-0.2, -0.15) is 17.5 Å². The van der Waals surface area contributed by atoms with Crippen LogP contribution in [0, 0.1) is 5.82 Å². The summed E-state index contributed by atoms with van der Waals surface area (Å²) < 4.78 is 80.5. The molecule has 0 saturated heterocycles. The van der Waals surface area contributed by atoms with E-state index in [1.807, 2.05) is 0 Å². The fourth-order valence-corrected chi connectivity index (χ4v) is 4.73. The number of benzene rings is 3. The first-order chi connectivity index (χ1) is 15.9. The Labute approximate surface area is 206 Å².